The smallest absolute Gasteiger partial charge is 0.262 e. The molecule has 1 amide bonds. The van der Waals surface area contributed by atoms with Crippen LogP contribution in [0.1, 0.15) is 11.1 Å². The van der Waals surface area contributed by atoms with Gasteiger partial charge in [0.15, 0.2) is 0 Å². The fraction of sp³-hybridized carbons (Fsp3) is 0.111. The first-order valence-electron chi connectivity index (χ1n) is 6.81. The number of nitriles is 1. The van der Waals surface area contributed by atoms with Gasteiger partial charge in [-0.2, -0.15) is 5.26 Å². The van der Waals surface area contributed by atoms with Gasteiger partial charge in [0, 0.05) is 11.4 Å². The van der Waals surface area contributed by atoms with E-state index in [0.29, 0.717) is 6.54 Å². The van der Waals surface area contributed by atoms with Crippen LogP contribution in [0.25, 0.3) is 6.08 Å². The van der Waals surface area contributed by atoms with E-state index in [-0.39, 0.29) is 11.5 Å². The van der Waals surface area contributed by atoms with Crippen molar-refractivity contribution in [1.82, 2.24) is 5.32 Å². The van der Waals surface area contributed by atoms with Gasteiger partial charge >= 0.3 is 0 Å². The molecule has 4 heteroatoms. The summed E-state index contributed by atoms with van der Waals surface area (Å²) in [6.45, 7) is 0.407. The van der Waals surface area contributed by atoms with E-state index in [9.17, 15) is 10.1 Å². The zero-order chi connectivity index (χ0) is 15.8. The van der Waals surface area contributed by atoms with Crippen molar-refractivity contribution in [3.05, 3.63) is 71.3 Å². The molecule has 2 aromatic rings. The molecule has 2 aromatic carbocycles. The fourth-order valence-electron chi connectivity index (χ4n) is 1.89. The predicted molar refractivity (Wildman–Crippen MR) is 90.1 cm³/mol. The van der Waals surface area contributed by atoms with Crippen molar-refractivity contribution < 1.29 is 4.79 Å². The van der Waals surface area contributed by atoms with E-state index >= 15 is 0 Å². The summed E-state index contributed by atoms with van der Waals surface area (Å²) in [5.41, 5.74) is 1.94. The van der Waals surface area contributed by atoms with E-state index < -0.39 is 0 Å². The second-order valence-electron chi connectivity index (χ2n) is 4.61. The van der Waals surface area contributed by atoms with Gasteiger partial charge in [-0.15, -0.1) is 11.8 Å². The third-order valence-corrected chi connectivity index (χ3v) is 3.83. The van der Waals surface area contributed by atoms with Gasteiger partial charge in [0.25, 0.3) is 5.91 Å². The van der Waals surface area contributed by atoms with Crippen LogP contribution in [0.2, 0.25) is 0 Å². The Balaban J connectivity index is 2.04. The zero-order valence-corrected chi connectivity index (χ0v) is 13.1. The summed E-state index contributed by atoms with van der Waals surface area (Å²) in [6.07, 6.45) is 3.60. The molecule has 3 nitrogen and oxygen atoms in total. The molecule has 0 spiro atoms. The first kappa shape index (κ1) is 15.9. The van der Waals surface area contributed by atoms with Crippen molar-refractivity contribution in [2.45, 2.75) is 11.4 Å². The monoisotopic (exact) mass is 308 g/mol. The lowest BCUT2D eigenvalue weighted by atomic mass is 10.1. The highest BCUT2D eigenvalue weighted by Crippen LogP contribution is 2.16. The third kappa shape index (κ3) is 4.51. The van der Waals surface area contributed by atoms with Gasteiger partial charge < -0.3 is 5.32 Å². The van der Waals surface area contributed by atoms with Crippen LogP contribution in [0.5, 0.6) is 0 Å². The molecule has 110 valence electrons. The Kier molecular flexibility index (Phi) is 5.81. The highest BCUT2D eigenvalue weighted by atomic mass is 32.2. The van der Waals surface area contributed by atoms with E-state index in [1.54, 1.807) is 17.8 Å². The van der Waals surface area contributed by atoms with Gasteiger partial charge in [0.05, 0.1) is 0 Å². The summed E-state index contributed by atoms with van der Waals surface area (Å²) in [5, 5.41) is 11.9. The summed E-state index contributed by atoms with van der Waals surface area (Å²) < 4.78 is 0. The van der Waals surface area contributed by atoms with Crippen LogP contribution in [-0.2, 0) is 11.3 Å². The molecule has 0 atom stereocenters. The molecule has 0 saturated heterocycles. The van der Waals surface area contributed by atoms with Crippen molar-refractivity contribution in [1.29, 1.82) is 5.26 Å². The summed E-state index contributed by atoms with van der Waals surface area (Å²) >= 11 is 1.65. The number of hydrogen-bond acceptors (Lipinski definition) is 3. The molecule has 22 heavy (non-hydrogen) atoms. The molecular formula is C18H16N2OS. The second-order valence-corrected chi connectivity index (χ2v) is 5.49. The molecule has 0 fully saturated rings. The minimum Gasteiger partial charge on any atom is -0.347 e. The van der Waals surface area contributed by atoms with Crippen LogP contribution >= 0.6 is 11.8 Å². The van der Waals surface area contributed by atoms with Gasteiger partial charge in [0.1, 0.15) is 11.6 Å². The number of carbonyl (C=O) groups is 1. The number of thioether (sulfide) groups is 1. The minimum atomic E-state index is -0.361. The number of rotatable bonds is 5. The number of benzene rings is 2. The van der Waals surface area contributed by atoms with Crippen molar-refractivity contribution >= 4 is 23.7 Å². The number of nitrogens with zero attached hydrogens (tertiary/aromatic N) is 1. The number of amides is 1. The van der Waals surface area contributed by atoms with Gasteiger partial charge in [-0.1, -0.05) is 42.5 Å². The van der Waals surface area contributed by atoms with Crippen LogP contribution in [0.15, 0.2) is 65.1 Å². The Bertz CT molecular complexity index is 700. The van der Waals surface area contributed by atoms with E-state index in [2.05, 4.69) is 5.32 Å². The van der Waals surface area contributed by atoms with Crippen molar-refractivity contribution in [2.24, 2.45) is 0 Å². The maximum absolute atomic E-state index is 12.1. The largest absolute Gasteiger partial charge is 0.347 e. The predicted octanol–water partition coefficient (Wildman–Crippen LogP) is 3.63. The van der Waals surface area contributed by atoms with Crippen molar-refractivity contribution in [2.75, 3.05) is 6.26 Å². The van der Waals surface area contributed by atoms with Gasteiger partial charge in [-0.25, -0.2) is 0 Å². The van der Waals surface area contributed by atoms with Gasteiger partial charge in [-0.3, -0.25) is 4.79 Å². The van der Waals surface area contributed by atoms with Crippen LogP contribution < -0.4 is 5.32 Å². The van der Waals surface area contributed by atoms with Crippen molar-refractivity contribution in [3.63, 3.8) is 0 Å². The lowest BCUT2D eigenvalue weighted by molar-refractivity contribution is -0.117. The fourth-order valence-corrected chi connectivity index (χ4v) is 2.30. The summed E-state index contributed by atoms with van der Waals surface area (Å²) in [6, 6.07) is 19.3. The molecule has 2 rings (SSSR count). The lowest BCUT2D eigenvalue weighted by Crippen LogP contribution is -2.23. The first-order chi connectivity index (χ1) is 10.7. The van der Waals surface area contributed by atoms with Crippen LogP contribution in [0, 0.1) is 11.3 Å². The quantitative estimate of drug-likeness (QED) is 0.521. The minimum absolute atomic E-state index is 0.104. The molecule has 0 heterocycles. The average Bonchev–Trinajstić information content (AvgIpc) is 2.59. The second kappa shape index (κ2) is 8.06. The summed E-state index contributed by atoms with van der Waals surface area (Å²) in [4.78, 5) is 13.2. The molecule has 0 saturated carbocycles. The molecule has 0 aromatic heterocycles. The average molecular weight is 308 g/mol. The van der Waals surface area contributed by atoms with E-state index in [0.717, 1.165) is 16.0 Å². The Morgan fingerprint density at radius 1 is 1.18 bits per heavy atom. The van der Waals surface area contributed by atoms with E-state index in [1.165, 1.54) is 0 Å². The van der Waals surface area contributed by atoms with Gasteiger partial charge in [-0.05, 0) is 35.6 Å². The van der Waals surface area contributed by atoms with Gasteiger partial charge in [0.2, 0.25) is 0 Å². The normalized spacial score (nSPS) is 10.8. The molecule has 0 unspecified atom stereocenters. The maximum Gasteiger partial charge on any atom is 0.262 e. The number of hydrogen-bond donors (Lipinski definition) is 1. The Hall–Kier alpha value is -2.51. The Morgan fingerprint density at radius 2 is 1.86 bits per heavy atom. The molecule has 1 N–H and O–H groups in total. The Labute approximate surface area is 134 Å². The van der Waals surface area contributed by atoms with E-state index in [4.69, 9.17) is 0 Å². The molecule has 0 bridgehead atoms. The number of nitrogens with one attached hydrogen (secondary N) is 1. The first-order valence-corrected chi connectivity index (χ1v) is 8.03. The molecule has 0 aliphatic heterocycles. The zero-order valence-electron chi connectivity index (χ0n) is 12.2. The highest BCUT2D eigenvalue weighted by molar-refractivity contribution is 7.98. The SMILES string of the molecule is CSc1ccc(/C=C(\C#N)C(=O)NCc2ccccc2)cc1. The maximum atomic E-state index is 12.1. The lowest BCUT2D eigenvalue weighted by Gasteiger charge is -2.04. The number of carbonyl (C=O) groups excluding carboxylic acids is 1. The third-order valence-electron chi connectivity index (χ3n) is 3.09. The van der Waals surface area contributed by atoms with Crippen LogP contribution in [0.4, 0.5) is 0 Å². The van der Waals surface area contributed by atoms with Crippen LogP contribution in [0.3, 0.4) is 0 Å². The standard InChI is InChI=1S/C18H16N2OS/c1-22-17-9-7-14(8-10-17)11-16(12-19)18(21)20-13-15-5-3-2-4-6-15/h2-11H,13H2,1H3,(H,20,21)/b16-11+. The highest BCUT2D eigenvalue weighted by Gasteiger charge is 2.08. The van der Waals surface area contributed by atoms with E-state index in [1.807, 2.05) is 66.9 Å². The van der Waals surface area contributed by atoms with Crippen molar-refractivity contribution in [3.8, 4) is 6.07 Å². The molecular weight excluding hydrogens is 292 g/mol. The molecule has 0 aliphatic carbocycles. The van der Waals surface area contributed by atoms with Crippen LogP contribution in [-0.4, -0.2) is 12.2 Å². The Morgan fingerprint density at radius 3 is 2.45 bits per heavy atom. The molecule has 0 radical (unpaired) electrons. The topological polar surface area (TPSA) is 52.9 Å². The summed E-state index contributed by atoms with van der Waals surface area (Å²) in [7, 11) is 0. The molecule has 0 aliphatic rings. The summed E-state index contributed by atoms with van der Waals surface area (Å²) in [5.74, 6) is -0.361.